The van der Waals surface area contributed by atoms with Crippen LogP contribution in [-0.2, 0) is 19.5 Å². The molecule has 3 N–H and O–H groups in total. The molecule has 0 amide bonds. The summed E-state index contributed by atoms with van der Waals surface area (Å²) in [5, 5.41) is 0. The molecule has 0 fully saturated rings. The molecule has 0 saturated heterocycles. The zero-order valence-electron chi connectivity index (χ0n) is 14.0. The molecule has 0 radical (unpaired) electrons. The molecule has 1 atom stereocenters. The van der Waals surface area contributed by atoms with Gasteiger partial charge in [0, 0.05) is 0 Å². The zero-order chi connectivity index (χ0) is 17.5. The van der Waals surface area contributed by atoms with E-state index in [9.17, 15) is 9.46 Å². The maximum atomic E-state index is 10.3. The van der Waals surface area contributed by atoms with Gasteiger partial charge in [0.05, 0.1) is 6.61 Å². The van der Waals surface area contributed by atoms with E-state index >= 15 is 0 Å². The molecule has 0 heterocycles. The quantitative estimate of drug-likeness (QED) is 0.180. The number of rotatable bonds is 12. The van der Waals surface area contributed by atoms with Gasteiger partial charge in [0.2, 0.25) is 0 Å². The van der Waals surface area contributed by atoms with E-state index in [1.807, 2.05) is 0 Å². The van der Waals surface area contributed by atoms with Gasteiger partial charge in [0.15, 0.2) is 0 Å². The summed E-state index contributed by atoms with van der Waals surface area (Å²) in [5.41, 5.74) is 0. The van der Waals surface area contributed by atoms with Crippen molar-refractivity contribution in [2.45, 2.75) is 71.1 Å². The number of phosphoric acid groups is 1. The fourth-order valence-electron chi connectivity index (χ4n) is 1.77. The Bertz CT molecular complexity index is 377. The summed E-state index contributed by atoms with van der Waals surface area (Å²) < 4.78 is 46.1. The van der Waals surface area contributed by atoms with Gasteiger partial charge < -0.3 is 14.3 Å². The van der Waals surface area contributed by atoms with Crippen molar-refractivity contribution in [3.63, 3.8) is 0 Å². The minimum Gasteiger partial charge on any atom is -0.756 e. The van der Waals surface area contributed by atoms with Crippen molar-refractivity contribution in [1.29, 1.82) is 0 Å². The topological polar surface area (TPSA) is 144 Å². The van der Waals surface area contributed by atoms with Crippen molar-refractivity contribution in [1.82, 2.24) is 0 Å². The monoisotopic (exact) mass is 386 g/mol. The smallest absolute Gasteiger partial charge is 0.756 e. The molecule has 0 saturated carbocycles. The molecule has 0 aliphatic heterocycles. The summed E-state index contributed by atoms with van der Waals surface area (Å²) in [6, 6.07) is 0. The molecule has 0 bridgehead atoms. The summed E-state index contributed by atoms with van der Waals surface area (Å²) in [4.78, 5) is 18.6. The van der Waals surface area contributed by atoms with Crippen LogP contribution >= 0.6 is 7.82 Å². The Kier molecular flexibility index (Phi) is 22.3. The van der Waals surface area contributed by atoms with Crippen LogP contribution in [0.5, 0.6) is 0 Å². The molecule has 0 aromatic carbocycles. The molecular formula is C12H28NaO8PS. The number of phosphoric ester groups is 1. The molecule has 8 nitrogen and oxygen atoms in total. The fourth-order valence-corrected chi connectivity index (χ4v) is 2.13. The SMILES string of the molecule is CCCCCCCCCCCCOP(=O)([O-])O.O=S(=O)(O)O.[Na+]. The molecule has 136 valence electrons. The summed E-state index contributed by atoms with van der Waals surface area (Å²) in [6.07, 6.45) is 11.9. The summed E-state index contributed by atoms with van der Waals surface area (Å²) >= 11 is 0. The minimum absolute atomic E-state index is 0. The van der Waals surface area contributed by atoms with Crippen LogP contribution in [-0.4, -0.2) is 29.0 Å². The van der Waals surface area contributed by atoms with Gasteiger partial charge >= 0.3 is 40.0 Å². The van der Waals surface area contributed by atoms with Crippen LogP contribution in [0.25, 0.3) is 0 Å². The van der Waals surface area contributed by atoms with E-state index in [4.69, 9.17) is 22.4 Å². The van der Waals surface area contributed by atoms with Gasteiger partial charge in [0.1, 0.15) is 0 Å². The summed E-state index contributed by atoms with van der Waals surface area (Å²) in [7, 11) is -9.16. The predicted molar refractivity (Wildman–Crippen MR) is 81.8 cm³/mol. The molecule has 11 heteroatoms. The molecule has 0 aromatic heterocycles. The number of hydrogen-bond acceptors (Lipinski definition) is 5. The Hall–Kier alpha value is 0.980. The predicted octanol–water partition coefficient (Wildman–Crippen LogP) is -0.264. The van der Waals surface area contributed by atoms with Crippen molar-refractivity contribution < 1.29 is 66.0 Å². The molecule has 0 aliphatic carbocycles. The molecule has 0 aliphatic rings. The number of hydrogen-bond donors (Lipinski definition) is 3. The fraction of sp³-hybridized carbons (Fsp3) is 1.00. The summed E-state index contributed by atoms with van der Waals surface area (Å²) in [5.74, 6) is 0. The third kappa shape index (κ3) is 45.1. The molecular weight excluding hydrogens is 358 g/mol. The average Bonchev–Trinajstić information content (AvgIpc) is 2.32. The van der Waals surface area contributed by atoms with Crippen molar-refractivity contribution in [2.75, 3.05) is 6.61 Å². The second-order valence-electron chi connectivity index (χ2n) is 4.93. The van der Waals surface area contributed by atoms with E-state index in [0.29, 0.717) is 6.42 Å². The first-order chi connectivity index (χ1) is 10.1. The summed E-state index contributed by atoms with van der Waals surface area (Å²) in [6.45, 7) is 2.32. The van der Waals surface area contributed by atoms with Crippen molar-refractivity contribution in [3.05, 3.63) is 0 Å². The van der Waals surface area contributed by atoms with Gasteiger partial charge in [-0.05, 0) is 6.42 Å². The Morgan fingerprint density at radius 2 is 1.22 bits per heavy atom. The standard InChI is InChI=1S/C12H27O4P.Na.H2O4S/c1-2-3-4-5-6-7-8-9-10-11-12-16-17(13,14)15;;1-5(2,3)4/h2-12H2,1H3,(H2,13,14,15);;(H2,1,2,3,4)/q;+1;/p-1. The van der Waals surface area contributed by atoms with Crippen LogP contribution in [0.15, 0.2) is 0 Å². The molecule has 1 unspecified atom stereocenters. The Morgan fingerprint density at radius 3 is 1.52 bits per heavy atom. The molecule has 0 spiro atoms. The van der Waals surface area contributed by atoms with Crippen molar-refractivity contribution in [3.8, 4) is 0 Å². The Morgan fingerprint density at radius 1 is 0.913 bits per heavy atom. The van der Waals surface area contributed by atoms with E-state index in [0.717, 1.165) is 12.8 Å². The van der Waals surface area contributed by atoms with E-state index in [1.54, 1.807) is 0 Å². The van der Waals surface area contributed by atoms with Gasteiger partial charge in [0.25, 0.3) is 7.82 Å². The Balaban J connectivity index is -0.000000578. The first-order valence-electron chi connectivity index (χ1n) is 7.44. The van der Waals surface area contributed by atoms with Crippen LogP contribution in [0.4, 0.5) is 0 Å². The van der Waals surface area contributed by atoms with E-state index in [2.05, 4.69) is 11.4 Å². The third-order valence-corrected chi connectivity index (χ3v) is 3.26. The first-order valence-corrected chi connectivity index (χ1v) is 10.3. The van der Waals surface area contributed by atoms with Crippen LogP contribution in [0.3, 0.4) is 0 Å². The second-order valence-corrected chi connectivity index (χ2v) is 7.02. The number of unbranched alkanes of at least 4 members (excludes halogenated alkanes) is 9. The zero-order valence-corrected chi connectivity index (χ0v) is 17.7. The van der Waals surface area contributed by atoms with Crippen molar-refractivity contribution >= 4 is 18.2 Å². The van der Waals surface area contributed by atoms with E-state index in [1.165, 1.54) is 44.9 Å². The first kappa shape index (κ1) is 28.8. The third-order valence-electron chi connectivity index (χ3n) is 2.75. The van der Waals surface area contributed by atoms with Gasteiger partial charge in [-0.25, -0.2) is 0 Å². The maximum absolute atomic E-state index is 10.3. The second kappa shape index (κ2) is 17.8. The van der Waals surface area contributed by atoms with Gasteiger partial charge in [-0.1, -0.05) is 64.7 Å². The van der Waals surface area contributed by atoms with Gasteiger partial charge in [-0.3, -0.25) is 13.7 Å². The normalized spacial score (nSPS) is 13.4. The Labute approximate surface area is 161 Å². The van der Waals surface area contributed by atoms with Crippen LogP contribution in [0.2, 0.25) is 0 Å². The molecule has 0 rings (SSSR count). The van der Waals surface area contributed by atoms with Gasteiger partial charge in [-0.15, -0.1) is 0 Å². The van der Waals surface area contributed by atoms with Gasteiger partial charge in [-0.2, -0.15) is 8.42 Å². The molecule has 0 aromatic rings. The minimum atomic E-state index is -4.67. The maximum Gasteiger partial charge on any atom is 1.00 e. The van der Waals surface area contributed by atoms with Crippen LogP contribution < -0.4 is 34.5 Å². The van der Waals surface area contributed by atoms with Crippen LogP contribution in [0.1, 0.15) is 71.1 Å². The molecule has 23 heavy (non-hydrogen) atoms. The van der Waals surface area contributed by atoms with E-state index in [-0.39, 0.29) is 36.2 Å². The largest absolute Gasteiger partial charge is 1.00 e. The average molecular weight is 386 g/mol. The van der Waals surface area contributed by atoms with E-state index < -0.39 is 18.2 Å². The van der Waals surface area contributed by atoms with Crippen LogP contribution in [0, 0.1) is 0 Å². The van der Waals surface area contributed by atoms with Crippen molar-refractivity contribution in [2.24, 2.45) is 0 Å².